The number of phenolic OH excluding ortho intramolecular Hbond substituents is 1. The van der Waals surface area contributed by atoms with Gasteiger partial charge in [-0.05, 0) is 32.1 Å². The third kappa shape index (κ3) is 3.91. The first-order valence-corrected chi connectivity index (χ1v) is 5.82. The van der Waals surface area contributed by atoms with Gasteiger partial charge in [0.1, 0.15) is 0 Å². The van der Waals surface area contributed by atoms with Crippen molar-refractivity contribution in [2.45, 2.75) is 20.0 Å². The quantitative estimate of drug-likeness (QED) is 0.654. The van der Waals surface area contributed by atoms with E-state index in [1.807, 2.05) is 0 Å². The fraction of sp³-hybridized carbons (Fsp3) is 0.357. The van der Waals surface area contributed by atoms with E-state index in [4.69, 9.17) is 14.2 Å². The number of carbonyl (C=O) groups is 1. The zero-order valence-corrected chi connectivity index (χ0v) is 11.5. The second kappa shape index (κ2) is 6.68. The summed E-state index contributed by atoms with van der Waals surface area (Å²) in [5.74, 6) is -0.0107. The van der Waals surface area contributed by atoms with Crippen LogP contribution in [0.5, 0.6) is 17.2 Å². The summed E-state index contributed by atoms with van der Waals surface area (Å²) in [7, 11) is 2.88. The van der Waals surface area contributed by atoms with Crippen LogP contribution in [-0.4, -0.2) is 31.4 Å². The predicted octanol–water partition coefficient (Wildman–Crippen LogP) is 2.37. The van der Waals surface area contributed by atoms with Gasteiger partial charge in [0.2, 0.25) is 5.75 Å². The van der Waals surface area contributed by atoms with Crippen molar-refractivity contribution in [3.63, 3.8) is 0 Å². The van der Waals surface area contributed by atoms with Crippen LogP contribution in [0.1, 0.15) is 19.4 Å². The smallest absolute Gasteiger partial charge is 0.331 e. The Hall–Kier alpha value is -2.17. The van der Waals surface area contributed by atoms with Gasteiger partial charge < -0.3 is 19.3 Å². The molecule has 1 rings (SSSR count). The fourth-order valence-electron chi connectivity index (χ4n) is 1.51. The number of rotatable bonds is 5. The molecule has 0 saturated heterocycles. The third-order valence-corrected chi connectivity index (χ3v) is 2.30. The molecule has 0 aromatic heterocycles. The van der Waals surface area contributed by atoms with E-state index in [9.17, 15) is 9.90 Å². The monoisotopic (exact) mass is 266 g/mol. The lowest BCUT2D eigenvalue weighted by Gasteiger charge is -2.10. The average Bonchev–Trinajstić information content (AvgIpc) is 2.35. The molecule has 0 spiro atoms. The normalized spacial score (nSPS) is 10.8. The third-order valence-electron chi connectivity index (χ3n) is 2.30. The van der Waals surface area contributed by atoms with Crippen LogP contribution in [-0.2, 0) is 9.53 Å². The number of methoxy groups -OCH3 is 2. The molecular weight excluding hydrogens is 248 g/mol. The molecule has 1 aromatic rings. The van der Waals surface area contributed by atoms with Crippen molar-refractivity contribution in [2.24, 2.45) is 0 Å². The summed E-state index contributed by atoms with van der Waals surface area (Å²) in [4.78, 5) is 11.4. The highest BCUT2D eigenvalue weighted by molar-refractivity contribution is 5.88. The SMILES string of the molecule is COc1ccc(/C=C/C(=O)OC(C)C)c(OC)c1O. The molecule has 104 valence electrons. The lowest BCUT2D eigenvalue weighted by Crippen LogP contribution is -2.08. The maximum absolute atomic E-state index is 11.4. The second-order valence-electron chi connectivity index (χ2n) is 4.06. The number of phenols is 1. The first-order valence-electron chi connectivity index (χ1n) is 5.82. The summed E-state index contributed by atoms with van der Waals surface area (Å²) in [6.07, 6.45) is 2.62. The van der Waals surface area contributed by atoms with Gasteiger partial charge in [0.15, 0.2) is 11.5 Å². The number of hydrogen-bond acceptors (Lipinski definition) is 5. The van der Waals surface area contributed by atoms with Gasteiger partial charge in [-0.25, -0.2) is 4.79 Å². The van der Waals surface area contributed by atoms with E-state index in [1.165, 1.54) is 26.4 Å². The summed E-state index contributed by atoms with van der Waals surface area (Å²) in [6, 6.07) is 3.27. The average molecular weight is 266 g/mol. The fourth-order valence-corrected chi connectivity index (χ4v) is 1.51. The molecule has 0 saturated carbocycles. The largest absolute Gasteiger partial charge is 0.502 e. The Bertz CT molecular complexity index is 477. The Kier molecular flexibility index (Phi) is 5.23. The lowest BCUT2D eigenvalue weighted by molar-refractivity contribution is -0.141. The minimum Gasteiger partial charge on any atom is -0.502 e. The highest BCUT2D eigenvalue weighted by atomic mass is 16.5. The van der Waals surface area contributed by atoms with Crippen LogP contribution in [0.15, 0.2) is 18.2 Å². The van der Waals surface area contributed by atoms with Gasteiger partial charge in [0, 0.05) is 11.6 Å². The van der Waals surface area contributed by atoms with Crippen molar-refractivity contribution in [1.29, 1.82) is 0 Å². The molecule has 0 unspecified atom stereocenters. The standard InChI is InChI=1S/C14H18O5/c1-9(2)19-12(15)8-6-10-5-7-11(17-3)13(16)14(10)18-4/h5-9,16H,1-4H3/b8-6+. The Morgan fingerprint density at radius 3 is 2.47 bits per heavy atom. The topological polar surface area (TPSA) is 65.0 Å². The predicted molar refractivity (Wildman–Crippen MR) is 71.5 cm³/mol. The van der Waals surface area contributed by atoms with Gasteiger partial charge in [-0.3, -0.25) is 0 Å². The molecular formula is C14H18O5. The van der Waals surface area contributed by atoms with Crippen molar-refractivity contribution in [3.8, 4) is 17.2 Å². The van der Waals surface area contributed by atoms with Crippen LogP contribution in [0.25, 0.3) is 6.08 Å². The number of hydrogen-bond donors (Lipinski definition) is 1. The van der Waals surface area contributed by atoms with Gasteiger partial charge in [-0.2, -0.15) is 0 Å². The molecule has 0 bridgehead atoms. The maximum Gasteiger partial charge on any atom is 0.331 e. The minimum atomic E-state index is -0.452. The summed E-state index contributed by atoms with van der Waals surface area (Å²) < 4.78 is 15.0. The highest BCUT2D eigenvalue weighted by Gasteiger charge is 2.12. The molecule has 5 heteroatoms. The Labute approximate surface area is 112 Å². The van der Waals surface area contributed by atoms with Crippen LogP contribution in [0, 0.1) is 0 Å². The number of aromatic hydroxyl groups is 1. The van der Waals surface area contributed by atoms with E-state index in [0.717, 1.165) is 0 Å². The molecule has 5 nitrogen and oxygen atoms in total. The van der Waals surface area contributed by atoms with E-state index in [1.54, 1.807) is 26.0 Å². The zero-order valence-electron chi connectivity index (χ0n) is 11.5. The Morgan fingerprint density at radius 1 is 1.26 bits per heavy atom. The van der Waals surface area contributed by atoms with Crippen LogP contribution < -0.4 is 9.47 Å². The van der Waals surface area contributed by atoms with Crippen LogP contribution in [0.4, 0.5) is 0 Å². The lowest BCUT2D eigenvalue weighted by atomic mass is 10.1. The van der Waals surface area contributed by atoms with Gasteiger partial charge in [0.05, 0.1) is 20.3 Å². The number of ether oxygens (including phenoxy) is 3. The summed E-state index contributed by atoms with van der Waals surface area (Å²) >= 11 is 0. The first kappa shape index (κ1) is 14.9. The summed E-state index contributed by atoms with van der Waals surface area (Å²) in [5, 5.41) is 9.88. The van der Waals surface area contributed by atoms with Crippen molar-refractivity contribution in [1.82, 2.24) is 0 Å². The Balaban J connectivity index is 2.98. The molecule has 19 heavy (non-hydrogen) atoms. The van der Waals surface area contributed by atoms with E-state index < -0.39 is 5.97 Å². The van der Waals surface area contributed by atoms with Gasteiger partial charge in [-0.1, -0.05) is 0 Å². The van der Waals surface area contributed by atoms with Gasteiger partial charge in [-0.15, -0.1) is 0 Å². The maximum atomic E-state index is 11.4. The summed E-state index contributed by atoms with van der Waals surface area (Å²) in [5.41, 5.74) is 0.557. The van der Waals surface area contributed by atoms with Gasteiger partial charge >= 0.3 is 5.97 Å². The number of esters is 1. The highest BCUT2D eigenvalue weighted by Crippen LogP contribution is 2.39. The van der Waals surface area contributed by atoms with Crippen LogP contribution in [0.2, 0.25) is 0 Å². The molecule has 0 fully saturated rings. The molecule has 0 atom stereocenters. The van der Waals surface area contributed by atoms with E-state index in [2.05, 4.69) is 0 Å². The molecule has 0 heterocycles. The van der Waals surface area contributed by atoms with Crippen molar-refractivity contribution in [2.75, 3.05) is 14.2 Å². The van der Waals surface area contributed by atoms with E-state index in [0.29, 0.717) is 11.3 Å². The molecule has 0 aliphatic heterocycles. The first-order chi connectivity index (χ1) is 8.99. The van der Waals surface area contributed by atoms with Crippen LogP contribution >= 0.6 is 0 Å². The van der Waals surface area contributed by atoms with Gasteiger partial charge in [0.25, 0.3) is 0 Å². The van der Waals surface area contributed by atoms with Crippen molar-refractivity contribution >= 4 is 12.0 Å². The van der Waals surface area contributed by atoms with Crippen LogP contribution in [0.3, 0.4) is 0 Å². The second-order valence-corrected chi connectivity index (χ2v) is 4.06. The molecule has 1 N–H and O–H groups in total. The van der Waals surface area contributed by atoms with E-state index >= 15 is 0 Å². The molecule has 0 amide bonds. The Morgan fingerprint density at radius 2 is 1.95 bits per heavy atom. The molecule has 1 aromatic carbocycles. The molecule has 0 radical (unpaired) electrons. The minimum absolute atomic E-state index is 0.107. The molecule has 0 aliphatic carbocycles. The van der Waals surface area contributed by atoms with E-state index in [-0.39, 0.29) is 17.6 Å². The molecule has 0 aliphatic rings. The van der Waals surface area contributed by atoms with Crippen molar-refractivity contribution < 1.29 is 24.1 Å². The zero-order chi connectivity index (χ0) is 14.4. The summed E-state index contributed by atoms with van der Waals surface area (Å²) in [6.45, 7) is 3.54. The van der Waals surface area contributed by atoms with Crippen molar-refractivity contribution in [3.05, 3.63) is 23.8 Å². The number of carbonyl (C=O) groups excluding carboxylic acids is 1. The number of benzene rings is 1.